The van der Waals surface area contributed by atoms with Gasteiger partial charge in [-0.2, -0.15) is 5.10 Å². The van der Waals surface area contributed by atoms with Gasteiger partial charge >= 0.3 is 0 Å². The summed E-state index contributed by atoms with van der Waals surface area (Å²) in [7, 11) is 0. The van der Waals surface area contributed by atoms with E-state index < -0.39 is 0 Å². The van der Waals surface area contributed by atoms with Gasteiger partial charge in [-0.3, -0.25) is 5.01 Å². The minimum absolute atomic E-state index is 0.452. The van der Waals surface area contributed by atoms with Crippen molar-refractivity contribution in [3.63, 3.8) is 0 Å². The summed E-state index contributed by atoms with van der Waals surface area (Å²) in [6.45, 7) is 17.9. The Morgan fingerprint density at radius 2 is 1.80 bits per heavy atom. The van der Waals surface area contributed by atoms with Gasteiger partial charge in [-0.1, -0.05) is 20.4 Å². The van der Waals surface area contributed by atoms with Gasteiger partial charge in [0.1, 0.15) is 0 Å². The Hall–Kier alpha value is -0.790. The Morgan fingerprint density at radius 1 is 1.27 bits per heavy atom. The molecule has 0 aromatic heterocycles. The summed E-state index contributed by atoms with van der Waals surface area (Å²) < 4.78 is 0. The third-order valence-electron chi connectivity index (χ3n) is 2.67. The van der Waals surface area contributed by atoms with Crippen molar-refractivity contribution in [2.24, 2.45) is 11.0 Å². The highest BCUT2D eigenvalue weighted by Crippen LogP contribution is 2.12. The van der Waals surface area contributed by atoms with Gasteiger partial charge < -0.3 is 0 Å². The smallest absolute Gasteiger partial charge is 0.0656 e. The van der Waals surface area contributed by atoms with Gasteiger partial charge in [-0.15, -0.1) is 0 Å². The minimum atomic E-state index is 0.452. The predicted octanol–water partition coefficient (Wildman–Crippen LogP) is 3.69. The Labute approximate surface area is 95.1 Å². The fourth-order valence-corrected chi connectivity index (χ4v) is 1.49. The molecule has 15 heavy (non-hydrogen) atoms. The van der Waals surface area contributed by atoms with Crippen molar-refractivity contribution in [2.75, 3.05) is 6.54 Å². The van der Waals surface area contributed by atoms with Crippen molar-refractivity contribution in [1.82, 2.24) is 5.01 Å². The Balaban J connectivity index is 4.88. The maximum Gasteiger partial charge on any atom is 0.0656 e. The van der Waals surface area contributed by atoms with Crippen LogP contribution in [0.25, 0.3) is 0 Å². The van der Waals surface area contributed by atoms with Gasteiger partial charge in [0, 0.05) is 18.5 Å². The zero-order chi connectivity index (χ0) is 12.0. The molecule has 0 rings (SSSR count). The molecule has 0 saturated carbocycles. The summed E-state index contributed by atoms with van der Waals surface area (Å²) in [5, 5.41) is 6.84. The first-order chi connectivity index (χ1) is 6.93. The number of hydrazone groups is 1. The van der Waals surface area contributed by atoms with Crippen molar-refractivity contribution in [1.29, 1.82) is 0 Å². The Bertz CT molecular complexity index is 229. The van der Waals surface area contributed by atoms with E-state index in [2.05, 4.69) is 46.2 Å². The second-order valence-electron chi connectivity index (χ2n) is 4.42. The normalized spacial score (nSPS) is 14.2. The molecule has 1 atom stereocenters. The van der Waals surface area contributed by atoms with Crippen molar-refractivity contribution in [3.05, 3.63) is 12.2 Å². The molecule has 0 amide bonds. The Morgan fingerprint density at radius 3 is 2.07 bits per heavy atom. The highest BCUT2D eigenvalue weighted by Gasteiger charge is 2.12. The lowest BCUT2D eigenvalue weighted by Crippen LogP contribution is -2.28. The zero-order valence-electron chi connectivity index (χ0n) is 11.2. The summed E-state index contributed by atoms with van der Waals surface area (Å²) >= 11 is 0. The summed E-state index contributed by atoms with van der Waals surface area (Å²) in [5.74, 6) is 0.496. The number of hydrogen-bond donors (Lipinski definition) is 0. The third kappa shape index (κ3) is 4.50. The van der Waals surface area contributed by atoms with Crippen LogP contribution < -0.4 is 0 Å². The first kappa shape index (κ1) is 14.2. The maximum absolute atomic E-state index is 4.71. The maximum atomic E-state index is 4.71. The fraction of sp³-hybridized carbons (Fsp3) is 0.769. The number of rotatable bonds is 6. The van der Waals surface area contributed by atoms with Crippen LogP contribution in [-0.4, -0.2) is 23.3 Å². The van der Waals surface area contributed by atoms with Crippen LogP contribution in [-0.2, 0) is 0 Å². The molecule has 0 spiro atoms. The van der Waals surface area contributed by atoms with Gasteiger partial charge in [-0.05, 0) is 39.7 Å². The van der Waals surface area contributed by atoms with Crippen LogP contribution in [0.4, 0.5) is 0 Å². The van der Waals surface area contributed by atoms with Gasteiger partial charge in [0.05, 0.1) is 5.71 Å². The molecule has 0 radical (unpaired) electrons. The summed E-state index contributed by atoms with van der Waals surface area (Å²) in [5.41, 5.74) is 2.23. The third-order valence-corrected chi connectivity index (χ3v) is 2.67. The average molecular weight is 210 g/mol. The number of nitrogens with zero attached hydrogens (tertiary/aromatic N) is 2. The van der Waals surface area contributed by atoms with Crippen LogP contribution in [0.3, 0.4) is 0 Å². The second kappa shape index (κ2) is 6.65. The standard InChI is InChI=1S/C13H26N2/c1-8-12(7)13(10(3)4)14-15(9-2)11(5)6/h11-12H,3,8-9H2,1-2,4-7H3/b14-13+. The van der Waals surface area contributed by atoms with Crippen LogP contribution in [0.5, 0.6) is 0 Å². The molecule has 0 aliphatic rings. The van der Waals surface area contributed by atoms with E-state index in [4.69, 9.17) is 5.10 Å². The van der Waals surface area contributed by atoms with E-state index in [0.29, 0.717) is 12.0 Å². The average Bonchev–Trinajstić information content (AvgIpc) is 2.17. The van der Waals surface area contributed by atoms with E-state index in [1.807, 2.05) is 6.92 Å². The monoisotopic (exact) mass is 210 g/mol. The Kier molecular flexibility index (Phi) is 6.30. The number of allylic oxidation sites excluding steroid dienone is 1. The van der Waals surface area contributed by atoms with Gasteiger partial charge in [0.25, 0.3) is 0 Å². The summed E-state index contributed by atoms with van der Waals surface area (Å²) in [6.07, 6.45) is 1.11. The van der Waals surface area contributed by atoms with Gasteiger partial charge in [0.2, 0.25) is 0 Å². The predicted molar refractivity (Wildman–Crippen MR) is 69.2 cm³/mol. The van der Waals surface area contributed by atoms with Crippen LogP contribution in [0.1, 0.15) is 48.0 Å². The van der Waals surface area contributed by atoms with Gasteiger partial charge in [-0.25, -0.2) is 0 Å². The molecule has 2 heteroatoms. The molecule has 0 N–H and O–H groups in total. The number of hydrogen-bond acceptors (Lipinski definition) is 2. The molecule has 0 bridgehead atoms. The van der Waals surface area contributed by atoms with Crippen LogP contribution in [0.15, 0.2) is 17.3 Å². The quantitative estimate of drug-likeness (QED) is 0.482. The van der Waals surface area contributed by atoms with Crippen molar-refractivity contribution < 1.29 is 0 Å². The molecule has 0 aliphatic carbocycles. The SMILES string of the molecule is C=C(C)/C(=N\N(CC)C(C)C)C(C)CC. The molecular formula is C13H26N2. The van der Waals surface area contributed by atoms with Crippen LogP contribution in [0.2, 0.25) is 0 Å². The lowest BCUT2D eigenvalue weighted by Gasteiger charge is -2.25. The van der Waals surface area contributed by atoms with E-state index in [9.17, 15) is 0 Å². The molecule has 0 aromatic rings. The van der Waals surface area contributed by atoms with Crippen molar-refractivity contribution >= 4 is 5.71 Å². The van der Waals surface area contributed by atoms with Crippen molar-refractivity contribution in [2.45, 2.75) is 54.0 Å². The largest absolute Gasteiger partial charge is 0.295 e. The molecule has 1 unspecified atom stereocenters. The topological polar surface area (TPSA) is 15.6 Å². The summed E-state index contributed by atoms with van der Waals surface area (Å²) in [6, 6.07) is 0.452. The molecular weight excluding hydrogens is 184 g/mol. The second-order valence-corrected chi connectivity index (χ2v) is 4.42. The first-order valence-corrected chi connectivity index (χ1v) is 5.94. The van der Waals surface area contributed by atoms with E-state index in [1.165, 1.54) is 0 Å². The van der Waals surface area contributed by atoms with E-state index in [-0.39, 0.29) is 0 Å². The molecule has 0 aliphatic heterocycles. The molecule has 0 saturated heterocycles. The van der Waals surface area contributed by atoms with Crippen molar-refractivity contribution in [3.8, 4) is 0 Å². The fourth-order valence-electron chi connectivity index (χ4n) is 1.49. The van der Waals surface area contributed by atoms with Crippen LogP contribution >= 0.6 is 0 Å². The first-order valence-electron chi connectivity index (χ1n) is 5.94. The van der Waals surface area contributed by atoms with E-state index in [0.717, 1.165) is 24.3 Å². The zero-order valence-corrected chi connectivity index (χ0v) is 11.2. The lowest BCUT2D eigenvalue weighted by atomic mass is 9.98. The highest BCUT2D eigenvalue weighted by molar-refractivity contribution is 6.00. The molecule has 0 fully saturated rings. The molecule has 0 aromatic carbocycles. The molecule has 0 heterocycles. The summed E-state index contributed by atoms with van der Waals surface area (Å²) in [4.78, 5) is 0. The van der Waals surface area contributed by atoms with Gasteiger partial charge in [0.15, 0.2) is 0 Å². The minimum Gasteiger partial charge on any atom is -0.295 e. The highest BCUT2D eigenvalue weighted by atomic mass is 15.5. The van der Waals surface area contributed by atoms with E-state index in [1.54, 1.807) is 0 Å². The van der Waals surface area contributed by atoms with Crippen LogP contribution in [0, 0.1) is 5.92 Å². The lowest BCUT2D eigenvalue weighted by molar-refractivity contribution is 0.244. The molecule has 2 nitrogen and oxygen atoms in total. The molecule has 88 valence electrons. The van der Waals surface area contributed by atoms with E-state index >= 15 is 0 Å².